The number of methoxy groups -OCH3 is 1. The van der Waals surface area contributed by atoms with Crippen LogP contribution in [0.1, 0.15) is 30.2 Å². The smallest absolute Gasteiger partial charge is 0.128 e. The molecule has 0 bridgehead atoms. The van der Waals surface area contributed by atoms with Gasteiger partial charge in [-0.15, -0.1) is 24.8 Å². The van der Waals surface area contributed by atoms with Gasteiger partial charge in [-0.25, -0.2) is 0 Å². The van der Waals surface area contributed by atoms with Gasteiger partial charge < -0.3 is 10.1 Å². The van der Waals surface area contributed by atoms with Crippen molar-refractivity contribution in [3.05, 3.63) is 23.0 Å². The molecule has 3 nitrogen and oxygen atoms in total. The minimum atomic E-state index is 0. The summed E-state index contributed by atoms with van der Waals surface area (Å²) in [5.74, 6) is 0.957. The van der Waals surface area contributed by atoms with Crippen molar-refractivity contribution in [3.63, 3.8) is 0 Å². The van der Waals surface area contributed by atoms with Gasteiger partial charge in [-0.3, -0.25) is 4.98 Å². The number of nitrogens with zero attached hydrogens (tertiary/aromatic N) is 1. The molecule has 0 aliphatic heterocycles. The standard InChI is InChI=1S/C12H20N2O.2ClH/c1-5-6-13-8-11-10(3)12(15-4)9(2)7-14-11;;/h7,13H,5-6,8H2,1-4H3;2*1H. The van der Waals surface area contributed by atoms with E-state index in [9.17, 15) is 0 Å². The highest BCUT2D eigenvalue weighted by atomic mass is 35.5. The van der Waals surface area contributed by atoms with E-state index in [0.717, 1.165) is 42.1 Å². The van der Waals surface area contributed by atoms with Crippen LogP contribution in [0.5, 0.6) is 5.75 Å². The normalized spacial score (nSPS) is 9.18. The molecule has 1 aromatic rings. The monoisotopic (exact) mass is 280 g/mol. The average Bonchev–Trinajstić information content (AvgIpc) is 2.22. The molecule has 0 saturated carbocycles. The van der Waals surface area contributed by atoms with E-state index in [4.69, 9.17) is 4.74 Å². The van der Waals surface area contributed by atoms with Crippen molar-refractivity contribution in [1.29, 1.82) is 0 Å². The molecule has 0 aromatic carbocycles. The number of nitrogens with one attached hydrogen (secondary N) is 1. The molecular weight excluding hydrogens is 259 g/mol. The second-order valence-corrected chi connectivity index (χ2v) is 3.72. The zero-order valence-electron chi connectivity index (χ0n) is 10.9. The van der Waals surface area contributed by atoms with Crippen LogP contribution in [-0.2, 0) is 6.54 Å². The Hall–Kier alpha value is -0.510. The van der Waals surface area contributed by atoms with Crippen molar-refractivity contribution in [2.75, 3.05) is 13.7 Å². The summed E-state index contributed by atoms with van der Waals surface area (Å²) in [6, 6.07) is 0. The number of pyridine rings is 1. The summed E-state index contributed by atoms with van der Waals surface area (Å²) in [4.78, 5) is 4.42. The van der Waals surface area contributed by atoms with Crippen LogP contribution in [-0.4, -0.2) is 18.6 Å². The molecule has 0 aliphatic carbocycles. The Balaban J connectivity index is 0. The van der Waals surface area contributed by atoms with Gasteiger partial charge in [-0.1, -0.05) is 6.92 Å². The van der Waals surface area contributed by atoms with Crippen molar-refractivity contribution >= 4 is 24.8 Å². The molecule has 0 radical (unpaired) electrons. The summed E-state index contributed by atoms with van der Waals surface area (Å²) >= 11 is 0. The van der Waals surface area contributed by atoms with Crippen LogP contribution in [0.25, 0.3) is 0 Å². The number of rotatable bonds is 5. The maximum atomic E-state index is 5.35. The molecule has 1 N–H and O–H groups in total. The van der Waals surface area contributed by atoms with Gasteiger partial charge in [0.1, 0.15) is 5.75 Å². The second-order valence-electron chi connectivity index (χ2n) is 3.72. The zero-order chi connectivity index (χ0) is 11.3. The summed E-state index contributed by atoms with van der Waals surface area (Å²) in [5.41, 5.74) is 3.31. The van der Waals surface area contributed by atoms with Crippen molar-refractivity contribution < 1.29 is 4.74 Å². The summed E-state index contributed by atoms with van der Waals surface area (Å²) in [5, 5.41) is 3.34. The zero-order valence-corrected chi connectivity index (χ0v) is 12.5. The van der Waals surface area contributed by atoms with Crippen LogP contribution in [0.3, 0.4) is 0 Å². The highest BCUT2D eigenvalue weighted by molar-refractivity contribution is 5.85. The van der Waals surface area contributed by atoms with E-state index < -0.39 is 0 Å². The number of hydrogen-bond donors (Lipinski definition) is 1. The predicted octanol–water partition coefficient (Wildman–Crippen LogP) is 3.05. The lowest BCUT2D eigenvalue weighted by Crippen LogP contribution is -2.16. The minimum Gasteiger partial charge on any atom is -0.496 e. The lowest BCUT2D eigenvalue weighted by atomic mass is 10.1. The molecule has 0 fully saturated rings. The lowest BCUT2D eigenvalue weighted by molar-refractivity contribution is 0.406. The first-order valence-corrected chi connectivity index (χ1v) is 5.40. The Morgan fingerprint density at radius 2 is 1.94 bits per heavy atom. The van der Waals surface area contributed by atoms with E-state index in [1.165, 1.54) is 0 Å². The molecule has 0 saturated heterocycles. The molecule has 0 amide bonds. The first kappa shape index (κ1) is 18.8. The average molecular weight is 281 g/mol. The molecule has 5 heteroatoms. The minimum absolute atomic E-state index is 0. The van der Waals surface area contributed by atoms with Crippen LogP contribution in [0.2, 0.25) is 0 Å². The van der Waals surface area contributed by atoms with E-state index in [0.29, 0.717) is 0 Å². The van der Waals surface area contributed by atoms with E-state index in [2.05, 4.69) is 24.1 Å². The summed E-state index contributed by atoms with van der Waals surface area (Å²) < 4.78 is 5.35. The fourth-order valence-electron chi connectivity index (χ4n) is 1.63. The Morgan fingerprint density at radius 3 is 2.47 bits per heavy atom. The van der Waals surface area contributed by atoms with E-state index in [-0.39, 0.29) is 24.8 Å². The quantitative estimate of drug-likeness (QED) is 0.842. The fraction of sp³-hybridized carbons (Fsp3) is 0.583. The maximum Gasteiger partial charge on any atom is 0.128 e. The predicted molar refractivity (Wildman–Crippen MR) is 76.8 cm³/mol. The fourth-order valence-corrected chi connectivity index (χ4v) is 1.63. The van der Waals surface area contributed by atoms with Crippen molar-refractivity contribution in [2.24, 2.45) is 0 Å². The molecule has 0 atom stereocenters. The first-order chi connectivity index (χ1) is 7.20. The number of halogens is 2. The number of ether oxygens (including phenoxy) is 1. The maximum absolute atomic E-state index is 5.35. The Bertz CT molecular complexity index is 333. The molecule has 1 heterocycles. The van der Waals surface area contributed by atoms with Gasteiger partial charge in [0, 0.05) is 23.9 Å². The van der Waals surface area contributed by atoms with Crippen LogP contribution in [0.15, 0.2) is 6.20 Å². The Labute approximate surface area is 116 Å². The Kier molecular flexibility index (Phi) is 10.5. The molecular formula is C12H22Cl2N2O. The SMILES string of the molecule is CCCNCc1ncc(C)c(OC)c1C.Cl.Cl. The molecule has 1 aromatic heterocycles. The van der Waals surface area contributed by atoms with Crippen LogP contribution in [0, 0.1) is 13.8 Å². The topological polar surface area (TPSA) is 34.2 Å². The first-order valence-electron chi connectivity index (χ1n) is 5.40. The highest BCUT2D eigenvalue weighted by Crippen LogP contribution is 2.23. The second kappa shape index (κ2) is 9.51. The van der Waals surface area contributed by atoms with Gasteiger partial charge in [0.25, 0.3) is 0 Å². The van der Waals surface area contributed by atoms with Gasteiger partial charge in [-0.2, -0.15) is 0 Å². The van der Waals surface area contributed by atoms with Gasteiger partial charge in [0.05, 0.1) is 12.8 Å². The van der Waals surface area contributed by atoms with E-state index in [1.807, 2.05) is 13.1 Å². The van der Waals surface area contributed by atoms with Gasteiger partial charge in [-0.05, 0) is 26.8 Å². The summed E-state index contributed by atoms with van der Waals surface area (Å²) in [7, 11) is 1.71. The van der Waals surface area contributed by atoms with Gasteiger partial charge in [0.15, 0.2) is 0 Å². The van der Waals surface area contributed by atoms with Crippen molar-refractivity contribution in [1.82, 2.24) is 10.3 Å². The number of aromatic nitrogens is 1. The summed E-state index contributed by atoms with van der Waals surface area (Å²) in [6.07, 6.45) is 3.01. The lowest BCUT2D eigenvalue weighted by Gasteiger charge is -2.12. The van der Waals surface area contributed by atoms with Gasteiger partial charge >= 0.3 is 0 Å². The molecule has 0 unspecified atom stereocenters. The number of aryl methyl sites for hydroxylation is 1. The van der Waals surface area contributed by atoms with E-state index in [1.54, 1.807) is 7.11 Å². The molecule has 0 aliphatic rings. The third kappa shape index (κ3) is 5.11. The van der Waals surface area contributed by atoms with Crippen molar-refractivity contribution in [2.45, 2.75) is 33.7 Å². The molecule has 0 spiro atoms. The highest BCUT2D eigenvalue weighted by Gasteiger charge is 2.08. The van der Waals surface area contributed by atoms with Crippen LogP contribution < -0.4 is 10.1 Å². The Morgan fingerprint density at radius 1 is 1.29 bits per heavy atom. The largest absolute Gasteiger partial charge is 0.496 e. The molecule has 100 valence electrons. The van der Waals surface area contributed by atoms with Crippen LogP contribution >= 0.6 is 24.8 Å². The van der Waals surface area contributed by atoms with Crippen LogP contribution in [0.4, 0.5) is 0 Å². The molecule has 17 heavy (non-hydrogen) atoms. The number of hydrogen-bond acceptors (Lipinski definition) is 3. The summed E-state index contributed by atoms with van der Waals surface area (Å²) in [6.45, 7) is 8.07. The third-order valence-electron chi connectivity index (χ3n) is 2.47. The van der Waals surface area contributed by atoms with E-state index >= 15 is 0 Å². The molecule has 1 rings (SSSR count). The van der Waals surface area contributed by atoms with Gasteiger partial charge in [0.2, 0.25) is 0 Å². The third-order valence-corrected chi connectivity index (χ3v) is 2.47. The van der Waals surface area contributed by atoms with Crippen molar-refractivity contribution in [3.8, 4) is 5.75 Å².